The van der Waals surface area contributed by atoms with Crippen LogP contribution in [-0.4, -0.2) is 16.1 Å². The topological polar surface area (TPSA) is 59.4 Å². The van der Waals surface area contributed by atoms with Gasteiger partial charge in [0.15, 0.2) is 0 Å². The van der Waals surface area contributed by atoms with Crippen molar-refractivity contribution in [2.24, 2.45) is 0 Å². The van der Waals surface area contributed by atoms with Crippen LogP contribution in [0.25, 0.3) is 0 Å². The fourth-order valence-electron chi connectivity index (χ4n) is 0.956. The number of rotatable bonds is 2. The van der Waals surface area contributed by atoms with Gasteiger partial charge in [0.2, 0.25) is 5.95 Å². The molecule has 1 aromatic rings. The molecule has 0 aromatic carbocycles. The van der Waals surface area contributed by atoms with Gasteiger partial charge >= 0.3 is 11.8 Å². The zero-order chi connectivity index (χ0) is 13.5. The van der Waals surface area contributed by atoms with E-state index < -0.39 is 17.7 Å². The summed E-state index contributed by atoms with van der Waals surface area (Å²) in [5.74, 6) is -1.78. The largest absolute Gasteiger partial charge is 0.417 e. The lowest BCUT2D eigenvalue weighted by atomic mass is 10.1. The molecular formula is C12H14FNO3. The Bertz CT molecular complexity index is 411. The summed E-state index contributed by atoms with van der Waals surface area (Å²) in [5.41, 5.74) is 0.0154. The van der Waals surface area contributed by atoms with Crippen molar-refractivity contribution in [2.75, 3.05) is 0 Å². The molecule has 1 unspecified atom stereocenters. The van der Waals surface area contributed by atoms with Crippen molar-refractivity contribution in [2.45, 2.75) is 26.6 Å². The van der Waals surface area contributed by atoms with Crippen molar-refractivity contribution >= 4 is 5.97 Å². The van der Waals surface area contributed by atoms with Gasteiger partial charge in [-0.05, 0) is 18.1 Å². The Kier molecular flexibility index (Phi) is 5.86. The second-order valence-corrected chi connectivity index (χ2v) is 2.75. The van der Waals surface area contributed by atoms with E-state index in [2.05, 4.69) is 9.72 Å². The number of pyridine rings is 1. The van der Waals surface area contributed by atoms with Gasteiger partial charge in [0, 0.05) is 13.1 Å². The van der Waals surface area contributed by atoms with Crippen molar-refractivity contribution in [3.63, 3.8) is 0 Å². The summed E-state index contributed by atoms with van der Waals surface area (Å²) in [6.07, 6.45) is 6.02. The number of nitrogens with zero attached hydrogens (tertiary/aromatic N) is 1. The van der Waals surface area contributed by atoms with Crippen molar-refractivity contribution in [3.8, 4) is 12.3 Å². The highest BCUT2D eigenvalue weighted by Gasteiger charge is 2.30. The third-order valence-corrected chi connectivity index (χ3v) is 1.61. The van der Waals surface area contributed by atoms with Gasteiger partial charge in [0.05, 0.1) is 5.56 Å². The molecule has 0 bridgehead atoms. The monoisotopic (exact) mass is 239 g/mol. The minimum absolute atomic E-state index is 0.0154. The average Bonchev–Trinajstić information content (AvgIpc) is 2.31. The average molecular weight is 239 g/mol. The molecule has 92 valence electrons. The predicted octanol–water partition coefficient (Wildman–Crippen LogP) is 1.59. The lowest BCUT2D eigenvalue weighted by molar-refractivity contribution is -0.188. The van der Waals surface area contributed by atoms with Crippen LogP contribution in [0.3, 0.4) is 0 Å². The van der Waals surface area contributed by atoms with E-state index in [4.69, 9.17) is 6.42 Å². The van der Waals surface area contributed by atoms with E-state index in [1.54, 1.807) is 0 Å². The number of hydrogen-bond acceptors (Lipinski definition) is 4. The van der Waals surface area contributed by atoms with E-state index >= 15 is 0 Å². The Balaban J connectivity index is 0.00000121. The van der Waals surface area contributed by atoms with Gasteiger partial charge in [0.1, 0.15) is 0 Å². The van der Waals surface area contributed by atoms with Crippen LogP contribution in [0.15, 0.2) is 18.3 Å². The maximum atomic E-state index is 12.5. The Morgan fingerprint density at radius 3 is 2.53 bits per heavy atom. The van der Waals surface area contributed by atoms with Crippen molar-refractivity contribution in [3.05, 3.63) is 29.8 Å². The number of terminal acetylenes is 1. The molecule has 0 aliphatic carbocycles. The predicted molar refractivity (Wildman–Crippen MR) is 60.0 cm³/mol. The minimum atomic E-state index is -2.20. The van der Waals surface area contributed by atoms with Crippen LogP contribution in [0.1, 0.15) is 26.3 Å². The van der Waals surface area contributed by atoms with Crippen molar-refractivity contribution in [1.29, 1.82) is 0 Å². The molecule has 0 radical (unpaired) electrons. The number of hydrogen-bond donors (Lipinski definition) is 1. The van der Waals surface area contributed by atoms with Gasteiger partial charge in [-0.1, -0.05) is 13.8 Å². The number of halogens is 1. The fourth-order valence-corrected chi connectivity index (χ4v) is 0.956. The van der Waals surface area contributed by atoms with Crippen LogP contribution in [0, 0.1) is 18.3 Å². The van der Waals surface area contributed by atoms with Crippen molar-refractivity contribution < 1.29 is 19.0 Å². The highest BCUT2D eigenvalue weighted by atomic mass is 19.1. The second kappa shape index (κ2) is 6.61. The minimum Gasteiger partial charge on any atom is -0.417 e. The number of esters is 1. The SMILES string of the molecule is C#CC(O)(OC(C)=O)c1ccc(F)nc1.CC. The molecule has 4 nitrogen and oxygen atoms in total. The summed E-state index contributed by atoms with van der Waals surface area (Å²) in [6, 6.07) is 2.19. The lowest BCUT2D eigenvalue weighted by Gasteiger charge is -2.20. The highest BCUT2D eigenvalue weighted by molar-refractivity contribution is 5.67. The van der Waals surface area contributed by atoms with E-state index in [0.717, 1.165) is 19.2 Å². The molecule has 0 amide bonds. The van der Waals surface area contributed by atoms with Gasteiger partial charge < -0.3 is 9.84 Å². The van der Waals surface area contributed by atoms with Crippen LogP contribution in [0.2, 0.25) is 0 Å². The van der Waals surface area contributed by atoms with Gasteiger partial charge in [0.25, 0.3) is 0 Å². The normalized spacial score (nSPS) is 12.5. The number of carbonyl (C=O) groups is 1. The van der Waals surface area contributed by atoms with E-state index in [1.807, 2.05) is 19.8 Å². The summed E-state index contributed by atoms with van der Waals surface area (Å²) in [5, 5.41) is 9.71. The molecule has 17 heavy (non-hydrogen) atoms. The van der Waals surface area contributed by atoms with Gasteiger partial charge in [-0.15, -0.1) is 6.42 Å². The van der Waals surface area contributed by atoms with E-state index in [-0.39, 0.29) is 5.56 Å². The zero-order valence-corrected chi connectivity index (χ0v) is 9.90. The Labute approximate surface area is 99.4 Å². The summed E-state index contributed by atoms with van der Waals surface area (Å²) in [7, 11) is 0. The maximum Gasteiger partial charge on any atom is 0.306 e. The molecule has 5 heteroatoms. The number of carbonyl (C=O) groups excluding carboxylic acids is 1. The molecule has 0 saturated carbocycles. The molecule has 0 fully saturated rings. The molecular weight excluding hydrogens is 225 g/mol. The highest BCUT2D eigenvalue weighted by Crippen LogP contribution is 2.21. The van der Waals surface area contributed by atoms with E-state index in [9.17, 15) is 14.3 Å². The van der Waals surface area contributed by atoms with Crippen LogP contribution in [0.5, 0.6) is 0 Å². The lowest BCUT2D eigenvalue weighted by Crippen LogP contribution is -2.29. The standard InChI is InChI=1S/C10H8FNO3.C2H6/c1-3-10(14,15-7(2)13)8-4-5-9(11)12-6-8;1-2/h1,4-6,14H,2H3;1-2H3. The van der Waals surface area contributed by atoms with Crippen LogP contribution < -0.4 is 0 Å². The van der Waals surface area contributed by atoms with Gasteiger partial charge in [-0.2, -0.15) is 4.39 Å². The molecule has 0 aliphatic heterocycles. The maximum absolute atomic E-state index is 12.5. The third-order valence-electron chi connectivity index (χ3n) is 1.61. The molecule has 0 saturated heterocycles. The van der Waals surface area contributed by atoms with Gasteiger partial charge in [-0.3, -0.25) is 4.79 Å². The van der Waals surface area contributed by atoms with E-state index in [0.29, 0.717) is 0 Å². The fraction of sp³-hybridized carbons (Fsp3) is 0.333. The molecule has 0 aliphatic rings. The van der Waals surface area contributed by atoms with Crippen LogP contribution in [-0.2, 0) is 15.3 Å². The molecule has 0 spiro atoms. The first kappa shape index (κ1) is 15.1. The van der Waals surface area contributed by atoms with Crippen molar-refractivity contribution in [1.82, 2.24) is 4.98 Å². The first-order valence-electron chi connectivity index (χ1n) is 4.99. The van der Waals surface area contributed by atoms with Gasteiger partial charge in [-0.25, -0.2) is 4.98 Å². The molecule has 1 aromatic heterocycles. The first-order chi connectivity index (χ1) is 7.98. The van der Waals surface area contributed by atoms with E-state index in [1.165, 1.54) is 6.07 Å². The Morgan fingerprint density at radius 1 is 1.59 bits per heavy atom. The summed E-state index contributed by atoms with van der Waals surface area (Å²) < 4.78 is 17.0. The number of ether oxygens (including phenoxy) is 1. The summed E-state index contributed by atoms with van der Waals surface area (Å²) in [6.45, 7) is 5.10. The quantitative estimate of drug-likeness (QED) is 0.368. The third kappa shape index (κ3) is 4.21. The first-order valence-corrected chi connectivity index (χ1v) is 4.99. The Morgan fingerprint density at radius 2 is 2.18 bits per heavy atom. The molecule has 1 atom stereocenters. The molecule has 1 heterocycles. The Hall–Kier alpha value is -1.93. The zero-order valence-electron chi connectivity index (χ0n) is 9.90. The molecule has 1 rings (SSSR count). The number of aliphatic hydroxyl groups is 1. The smallest absolute Gasteiger partial charge is 0.306 e. The summed E-state index contributed by atoms with van der Waals surface area (Å²) in [4.78, 5) is 14.0. The number of aromatic nitrogens is 1. The second-order valence-electron chi connectivity index (χ2n) is 2.75. The van der Waals surface area contributed by atoms with Crippen LogP contribution in [0.4, 0.5) is 4.39 Å². The van der Waals surface area contributed by atoms with Crippen LogP contribution >= 0.6 is 0 Å². The summed E-state index contributed by atoms with van der Waals surface area (Å²) >= 11 is 0. The molecule has 1 N–H and O–H groups in total.